The van der Waals surface area contributed by atoms with Crippen molar-refractivity contribution in [2.24, 2.45) is 0 Å². The molecule has 1 radical (unpaired) electrons. The van der Waals surface area contributed by atoms with Gasteiger partial charge in [0.1, 0.15) is 60.5 Å². The number of carboxylic acid groups (broad SMARTS) is 1. The van der Waals surface area contributed by atoms with Gasteiger partial charge >= 0.3 is 17.7 Å². The van der Waals surface area contributed by atoms with Gasteiger partial charge in [-0.1, -0.05) is 18.2 Å². The van der Waals surface area contributed by atoms with Gasteiger partial charge in [0.25, 0.3) is 0 Å². The number of nitrogens with one attached hydrogen (secondary N) is 1. The third-order valence-electron chi connectivity index (χ3n) is 11.7. The van der Waals surface area contributed by atoms with Crippen LogP contribution in [0.3, 0.4) is 0 Å². The van der Waals surface area contributed by atoms with Crippen LogP contribution >= 0.6 is 0 Å². The Morgan fingerprint density at radius 3 is 2.29 bits per heavy atom. The van der Waals surface area contributed by atoms with Crippen LogP contribution in [0.5, 0.6) is 23.0 Å². The van der Waals surface area contributed by atoms with Crippen molar-refractivity contribution in [2.45, 2.75) is 99.7 Å². The second-order valence-corrected chi connectivity index (χ2v) is 15.7. The molecule has 2 fully saturated rings. The maximum Gasteiger partial charge on any atom is 0.407 e. The molecule has 3 aromatic rings. The van der Waals surface area contributed by atoms with E-state index in [2.05, 4.69) is 5.32 Å². The number of aromatic hydroxyl groups is 2. The maximum absolute atomic E-state index is 14.0. The molecule has 7 rings (SSSR count). The van der Waals surface area contributed by atoms with Crippen LogP contribution in [0.15, 0.2) is 36.4 Å². The summed E-state index contributed by atoms with van der Waals surface area (Å²) in [6.07, 6.45) is -18.6. The van der Waals surface area contributed by atoms with Crippen molar-refractivity contribution >= 4 is 64.7 Å². The number of nitro groups is 1. The van der Waals surface area contributed by atoms with Gasteiger partial charge in [-0.25, -0.2) is 9.59 Å². The van der Waals surface area contributed by atoms with E-state index in [0.29, 0.717) is 0 Å². The van der Waals surface area contributed by atoms with Crippen molar-refractivity contribution in [1.29, 1.82) is 0 Å². The van der Waals surface area contributed by atoms with Gasteiger partial charge in [-0.3, -0.25) is 24.5 Å². The SMILES string of the molecule is COc1cccc2c1C(=O)c1c(O)c3c(c(O)c1C2=O)C[C@@](O)(C(=O)CO)C[C@@H]3O[C@H]1C[C@H](NC(=O)OCc2ccc(OC3O[C@H](C(=O)O)[C@@H](O)[C@H](O)[C@H]3O)c([N+](=O)[O-])c2)[C@H](O)[C@H](C)O1.[Na]. The standard InChI is InChI=1S/C41H42N2O22.Na/c1-14-29(46)18(42-40(56)61-13-15-6-7-20(19(8-15)43(58)59)64-39-36(53)34(51)35(52)37(65-39)38(54)55)9-24(62-14)63-22-11-41(57,23(45)12-44)10-17-26(22)33(50)28-27(31(17)48)30(47)16-4-3-5-21(60-2)25(16)32(28)49;/h3-8,14,18,22,24,29,34-37,39,44,46,48,50-53,57H,9-13H2,1-2H3,(H,42,56)(H,54,55);/t14-,18-,22-,24-,29+,34-,35-,36+,37-,39?,41-;/m0./s1. The fourth-order valence-electron chi connectivity index (χ4n) is 8.37. The molecule has 10 N–H and O–H groups in total. The minimum Gasteiger partial charge on any atom is -0.507 e. The van der Waals surface area contributed by atoms with Gasteiger partial charge in [0.15, 0.2) is 29.7 Å². The summed E-state index contributed by atoms with van der Waals surface area (Å²) in [6.45, 7) is -0.369. The fourth-order valence-corrected chi connectivity index (χ4v) is 8.37. The van der Waals surface area contributed by atoms with Crippen LogP contribution < -0.4 is 14.8 Å². The molecule has 24 nitrogen and oxygen atoms in total. The summed E-state index contributed by atoms with van der Waals surface area (Å²) in [4.78, 5) is 76.3. The number of ether oxygens (including phenoxy) is 6. The molecule has 0 saturated carbocycles. The molecule has 2 saturated heterocycles. The number of phenolic OH excluding ortho intramolecular Hbond substituents is 2. The Kier molecular flexibility index (Phi) is 14.8. The molecule has 25 heteroatoms. The monoisotopic (exact) mass is 937 g/mol. The van der Waals surface area contributed by atoms with Crippen molar-refractivity contribution in [1.82, 2.24) is 5.32 Å². The number of alkyl carbamates (subject to hydrolysis) is 1. The number of phenols is 2. The molecule has 1 amide bonds. The third kappa shape index (κ3) is 9.06. The molecule has 0 bridgehead atoms. The summed E-state index contributed by atoms with van der Waals surface area (Å²) in [6, 6.07) is 6.08. The van der Waals surface area contributed by atoms with Crippen LogP contribution in [0.4, 0.5) is 10.5 Å². The number of aliphatic carboxylic acids is 1. The molecule has 3 aromatic carbocycles. The third-order valence-corrected chi connectivity index (χ3v) is 11.7. The first-order valence-corrected chi connectivity index (χ1v) is 19.7. The van der Waals surface area contributed by atoms with Crippen molar-refractivity contribution in [2.75, 3.05) is 13.7 Å². The second kappa shape index (κ2) is 19.5. The topological polar surface area (TPSA) is 378 Å². The second-order valence-electron chi connectivity index (χ2n) is 15.7. The smallest absolute Gasteiger partial charge is 0.407 e. The number of aliphatic hydroxyl groups is 6. The number of rotatable bonds is 12. The van der Waals surface area contributed by atoms with Crippen LogP contribution in [0.1, 0.15) is 74.4 Å². The fraction of sp³-hybridized carbons (Fsp3) is 0.439. The Morgan fingerprint density at radius 2 is 1.64 bits per heavy atom. The minimum absolute atomic E-state index is 0. The van der Waals surface area contributed by atoms with Crippen molar-refractivity contribution < 1.29 is 103 Å². The normalized spacial score (nSPS) is 29.0. The van der Waals surface area contributed by atoms with E-state index in [1.165, 1.54) is 38.3 Å². The number of amides is 1. The number of carbonyl (C=O) groups excluding carboxylic acids is 4. The Hall–Kier alpha value is -5.35. The molecule has 2 aliphatic carbocycles. The number of carboxylic acids is 1. The molecule has 11 atom stereocenters. The predicted molar refractivity (Wildman–Crippen MR) is 215 cm³/mol. The van der Waals surface area contributed by atoms with E-state index in [9.17, 15) is 80.0 Å². The number of fused-ring (bicyclic) bond motifs is 3. The van der Waals surface area contributed by atoms with Gasteiger partial charge in [-0.2, -0.15) is 0 Å². The molecular weight excluding hydrogens is 895 g/mol. The summed E-state index contributed by atoms with van der Waals surface area (Å²) in [5, 5.41) is 110. The molecule has 2 aliphatic heterocycles. The van der Waals surface area contributed by atoms with E-state index in [-0.39, 0.29) is 69.5 Å². The Labute approximate surface area is 393 Å². The molecule has 66 heavy (non-hydrogen) atoms. The number of hydrogen-bond donors (Lipinski definition) is 10. The average molecular weight is 938 g/mol. The van der Waals surface area contributed by atoms with E-state index in [4.69, 9.17) is 28.4 Å². The van der Waals surface area contributed by atoms with Crippen LogP contribution in [-0.2, 0) is 41.6 Å². The number of nitro benzene ring substituents is 1. The Balaban J connectivity index is 0.00000720. The summed E-state index contributed by atoms with van der Waals surface area (Å²) in [7, 11) is 1.26. The summed E-state index contributed by atoms with van der Waals surface area (Å²) in [5.41, 5.74) is -5.40. The van der Waals surface area contributed by atoms with E-state index in [1.807, 2.05) is 0 Å². The maximum atomic E-state index is 14.0. The molecule has 0 spiro atoms. The zero-order chi connectivity index (χ0) is 47.4. The first-order chi connectivity index (χ1) is 30.7. The van der Waals surface area contributed by atoms with E-state index in [0.717, 1.165) is 12.1 Å². The van der Waals surface area contributed by atoms with Gasteiger partial charge in [-0.05, 0) is 24.6 Å². The van der Waals surface area contributed by atoms with Crippen LogP contribution in [-0.4, -0.2) is 184 Å². The number of carbonyl (C=O) groups is 5. The molecular formula is C41H42N2NaO22. The number of methoxy groups -OCH3 is 1. The van der Waals surface area contributed by atoms with Crippen molar-refractivity contribution in [3.05, 3.63) is 85.5 Å². The number of Topliss-reactive ketones (excluding diaryl/α,β-unsaturated/α-hetero) is 1. The number of aliphatic hydroxyl groups excluding tert-OH is 5. The first-order valence-electron chi connectivity index (χ1n) is 19.7. The Morgan fingerprint density at radius 1 is 0.939 bits per heavy atom. The number of ketones is 3. The molecule has 349 valence electrons. The van der Waals surface area contributed by atoms with E-state index in [1.54, 1.807) is 0 Å². The molecule has 4 aliphatic rings. The zero-order valence-corrected chi connectivity index (χ0v) is 37.1. The molecule has 0 aromatic heterocycles. The largest absolute Gasteiger partial charge is 0.507 e. The summed E-state index contributed by atoms with van der Waals surface area (Å²) < 4.78 is 32.9. The number of nitrogens with zero attached hydrogens (tertiary/aromatic N) is 1. The first kappa shape index (κ1) is 50.1. The molecule has 1 unspecified atom stereocenters. The quantitative estimate of drug-likeness (QED) is 0.0344. The van der Waals surface area contributed by atoms with Gasteiger partial charge in [0.05, 0.1) is 47.0 Å². The van der Waals surface area contributed by atoms with Crippen LogP contribution in [0, 0.1) is 10.1 Å². The zero-order valence-electron chi connectivity index (χ0n) is 35.1. The Bertz CT molecular complexity index is 2470. The number of hydrogen-bond acceptors (Lipinski definition) is 21. The van der Waals surface area contributed by atoms with Crippen molar-refractivity contribution in [3.63, 3.8) is 0 Å². The van der Waals surface area contributed by atoms with E-state index < -0.39 is 161 Å². The van der Waals surface area contributed by atoms with Gasteiger partial charge in [0.2, 0.25) is 12.1 Å². The van der Waals surface area contributed by atoms with Crippen molar-refractivity contribution in [3.8, 4) is 23.0 Å². The van der Waals surface area contributed by atoms with E-state index >= 15 is 0 Å². The summed E-state index contributed by atoms with van der Waals surface area (Å²) in [5.74, 6) is -6.81. The summed E-state index contributed by atoms with van der Waals surface area (Å²) >= 11 is 0. The minimum atomic E-state index is -2.45. The van der Waals surface area contributed by atoms with Gasteiger partial charge < -0.3 is 79.7 Å². The predicted octanol–water partition coefficient (Wildman–Crippen LogP) is -1.23. The average Bonchev–Trinajstić information content (AvgIpc) is 3.27. The number of benzene rings is 3. The van der Waals surface area contributed by atoms with Crippen LogP contribution in [0.2, 0.25) is 0 Å². The van der Waals surface area contributed by atoms with Gasteiger partial charge in [0, 0.05) is 71.6 Å². The van der Waals surface area contributed by atoms with Gasteiger partial charge in [-0.15, -0.1) is 0 Å². The van der Waals surface area contributed by atoms with Crippen LogP contribution in [0.25, 0.3) is 0 Å². The molecule has 2 heterocycles.